The quantitative estimate of drug-likeness (QED) is 0.232. The van der Waals surface area contributed by atoms with Crippen molar-refractivity contribution in [2.45, 2.75) is 20.3 Å². The van der Waals surface area contributed by atoms with Gasteiger partial charge in [0.1, 0.15) is 12.2 Å². The largest absolute Gasteiger partial charge is 0.490 e. The Labute approximate surface area is 181 Å². The summed E-state index contributed by atoms with van der Waals surface area (Å²) in [4.78, 5) is 23.7. The van der Waals surface area contributed by atoms with Gasteiger partial charge in [-0.3, -0.25) is 9.59 Å². The van der Waals surface area contributed by atoms with Crippen LogP contribution in [-0.4, -0.2) is 31.2 Å². The van der Waals surface area contributed by atoms with Crippen LogP contribution in [0.1, 0.15) is 25.8 Å². The Morgan fingerprint density at radius 2 is 1.79 bits per heavy atom. The van der Waals surface area contributed by atoms with Crippen molar-refractivity contribution in [3.05, 3.63) is 51.3 Å². The third-order valence-corrected chi connectivity index (χ3v) is 4.27. The summed E-state index contributed by atoms with van der Waals surface area (Å²) in [6.07, 6.45) is 1.04. The molecule has 0 aromatic heterocycles. The monoisotopic (exact) mass is 513 g/mol. The van der Waals surface area contributed by atoms with Crippen LogP contribution in [-0.2, 0) is 9.59 Å². The van der Waals surface area contributed by atoms with Crippen LogP contribution >= 0.6 is 22.6 Å². The lowest BCUT2D eigenvalue weighted by atomic mass is 10.2. The van der Waals surface area contributed by atoms with Gasteiger partial charge >= 0.3 is 0 Å². The number of hydrogen-bond acceptors (Lipinski definition) is 5. The molecule has 2 aromatic rings. The lowest BCUT2D eigenvalue weighted by Crippen LogP contribution is -2.24. The maximum absolute atomic E-state index is 12.9. The second-order valence-corrected chi connectivity index (χ2v) is 6.88. The molecule has 2 N–H and O–H groups in total. The standard InChI is InChI=1S/C20H21FIN3O4/c1-3-28-17-10-13(9-16(22)20(17)29-4-2)12-23-25-19(27)11-18(26)24-15-7-5-14(21)6-8-15/h5-10,12H,3-4,11H2,1-2H3,(H,24,26)(H,25,27). The summed E-state index contributed by atoms with van der Waals surface area (Å²) in [6, 6.07) is 8.85. The molecule has 0 saturated carbocycles. The fourth-order valence-electron chi connectivity index (χ4n) is 2.31. The van der Waals surface area contributed by atoms with Gasteiger partial charge in [0.15, 0.2) is 11.5 Å². The van der Waals surface area contributed by atoms with Crippen LogP contribution in [0.15, 0.2) is 41.5 Å². The van der Waals surface area contributed by atoms with Gasteiger partial charge in [0, 0.05) is 5.69 Å². The van der Waals surface area contributed by atoms with Gasteiger partial charge in [-0.25, -0.2) is 9.82 Å². The Bertz CT molecular complexity index is 888. The summed E-state index contributed by atoms with van der Waals surface area (Å²) in [5.74, 6) is -0.266. The van der Waals surface area contributed by atoms with E-state index in [1.54, 1.807) is 6.07 Å². The number of anilines is 1. The second-order valence-electron chi connectivity index (χ2n) is 5.72. The van der Waals surface area contributed by atoms with Gasteiger partial charge in [-0.2, -0.15) is 5.10 Å². The normalized spacial score (nSPS) is 10.6. The zero-order chi connectivity index (χ0) is 21.2. The third kappa shape index (κ3) is 7.33. The topological polar surface area (TPSA) is 89.0 Å². The number of halogens is 2. The first kappa shape index (κ1) is 22.6. The van der Waals surface area contributed by atoms with E-state index < -0.39 is 24.1 Å². The molecular weight excluding hydrogens is 492 g/mol. The molecule has 0 aliphatic heterocycles. The van der Waals surface area contributed by atoms with Crippen molar-refractivity contribution >= 4 is 46.3 Å². The molecule has 0 saturated heterocycles. The smallest absolute Gasteiger partial charge is 0.249 e. The number of nitrogens with zero attached hydrogens (tertiary/aromatic N) is 1. The predicted octanol–water partition coefficient (Wildman–Crippen LogP) is 3.71. The maximum Gasteiger partial charge on any atom is 0.249 e. The van der Waals surface area contributed by atoms with Gasteiger partial charge in [-0.05, 0) is 78.4 Å². The molecule has 0 heterocycles. The second kappa shape index (κ2) is 11.3. The summed E-state index contributed by atoms with van der Waals surface area (Å²) in [5.41, 5.74) is 3.41. The van der Waals surface area contributed by atoms with Gasteiger partial charge in [0.05, 0.1) is 23.0 Å². The summed E-state index contributed by atoms with van der Waals surface area (Å²) < 4.78 is 24.9. The van der Waals surface area contributed by atoms with Gasteiger partial charge in [-0.15, -0.1) is 0 Å². The molecule has 0 unspecified atom stereocenters. The highest BCUT2D eigenvalue weighted by molar-refractivity contribution is 14.1. The van der Waals surface area contributed by atoms with Crippen molar-refractivity contribution in [3.8, 4) is 11.5 Å². The molecule has 154 valence electrons. The number of carbonyl (C=O) groups is 2. The Morgan fingerprint density at radius 1 is 1.10 bits per heavy atom. The molecule has 0 aliphatic rings. The fraction of sp³-hybridized carbons (Fsp3) is 0.250. The minimum Gasteiger partial charge on any atom is -0.490 e. The highest BCUT2D eigenvalue weighted by atomic mass is 127. The highest BCUT2D eigenvalue weighted by Crippen LogP contribution is 2.33. The summed E-state index contributed by atoms with van der Waals surface area (Å²) in [6.45, 7) is 4.76. The Balaban J connectivity index is 1.93. The van der Waals surface area contributed by atoms with Crippen molar-refractivity contribution < 1.29 is 23.5 Å². The van der Waals surface area contributed by atoms with Crippen molar-refractivity contribution in [3.63, 3.8) is 0 Å². The lowest BCUT2D eigenvalue weighted by molar-refractivity contribution is -0.126. The molecule has 0 atom stereocenters. The lowest BCUT2D eigenvalue weighted by Gasteiger charge is -2.13. The summed E-state index contributed by atoms with van der Waals surface area (Å²) in [5, 5.41) is 6.38. The molecule has 29 heavy (non-hydrogen) atoms. The first-order chi connectivity index (χ1) is 13.9. The van der Waals surface area contributed by atoms with E-state index in [-0.39, 0.29) is 0 Å². The number of carbonyl (C=O) groups excluding carboxylic acids is 2. The van der Waals surface area contributed by atoms with E-state index in [4.69, 9.17) is 9.47 Å². The molecule has 0 aliphatic carbocycles. The minimum absolute atomic E-state index is 0.403. The summed E-state index contributed by atoms with van der Waals surface area (Å²) in [7, 11) is 0. The van der Waals surface area contributed by atoms with Crippen LogP contribution in [0.3, 0.4) is 0 Å². The Hall–Kier alpha value is -2.69. The van der Waals surface area contributed by atoms with Crippen LogP contribution in [0.2, 0.25) is 0 Å². The van der Waals surface area contributed by atoms with E-state index in [0.717, 1.165) is 3.57 Å². The Kier molecular flexibility index (Phi) is 8.84. The molecular formula is C20H21FIN3O4. The number of benzene rings is 2. The van der Waals surface area contributed by atoms with E-state index in [1.165, 1.54) is 30.5 Å². The molecule has 7 nitrogen and oxygen atoms in total. The predicted molar refractivity (Wildman–Crippen MR) is 117 cm³/mol. The van der Waals surface area contributed by atoms with E-state index in [0.29, 0.717) is 36.0 Å². The first-order valence-corrected chi connectivity index (χ1v) is 9.97. The van der Waals surface area contributed by atoms with E-state index in [2.05, 4.69) is 38.4 Å². The molecule has 0 fully saturated rings. The molecule has 9 heteroatoms. The number of amides is 2. The average molecular weight is 513 g/mol. The van der Waals surface area contributed by atoms with E-state index >= 15 is 0 Å². The fourth-order valence-corrected chi connectivity index (χ4v) is 3.09. The average Bonchev–Trinajstić information content (AvgIpc) is 2.66. The number of hydrogen-bond donors (Lipinski definition) is 2. The van der Waals surface area contributed by atoms with Gasteiger partial charge in [-0.1, -0.05) is 0 Å². The van der Waals surface area contributed by atoms with Gasteiger partial charge in [0.2, 0.25) is 11.8 Å². The number of hydrazone groups is 1. The molecule has 2 amide bonds. The Morgan fingerprint density at radius 3 is 2.45 bits per heavy atom. The molecule has 2 aromatic carbocycles. The molecule has 0 spiro atoms. The van der Waals surface area contributed by atoms with Crippen LogP contribution in [0.4, 0.5) is 10.1 Å². The van der Waals surface area contributed by atoms with Crippen LogP contribution in [0, 0.1) is 9.39 Å². The zero-order valence-electron chi connectivity index (χ0n) is 16.0. The van der Waals surface area contributed by atoms with E-state index in [1.807, 2.05) is 19.9 Å². The van der Waals surface area contributed by atoms with Crippen LogP contribution in [0.25, 0.3) is 0 Å². The molecule has 0 bridgehead atoms. The summed E-state index contributed by atoms with van der Waals surface area (Å²) >= 11 is 2.14. The SMILES string of the molecule is CCOc1cc(C=NNC(=O)CC(=O)Nc2ccc(F)cc2)cc(I)c1OCC. The minimum atomic E-state index is -0.577. The van der Waals surface area contributed by atoms with Crippen LogP contribution < -0.4 is 20.2 Å². The molecule has 2 rings (SSSR count). The zero-order valence-corrected chi connectivity index (χ0v) is 18.2. The first-order valence-electron chi connectivity index (χ1n) is 8.89. The number of ether oxygens (including phenoxy) is 2. The van der Waals surface area contributed by atoms with Crippen molar-refractivity contribution in [1.82, 2.24) is 5.43 Å². The number of nitrogens with one attached hydrogen (secondary N) is 2. The van der Waals surface area contributed by atoms with Gasteiger partial charge < -0.3 is 14.8 Å². The van der Waals surface area contributed by atoms with Gasteiger partial charge in [0.25, 0.3) is 0 Å². The van der Waals surface area contributed by atoms with Crippen LogP contribution in [0.5, 0.6) is 11.5 Å². The van der Waals surface area contributed by atoms with Crippen molar-refractivity contribution in [2.24, 2.45) is 5.10 Å². The van der Waals surface area contributed by atoms with Crippen molar-refractivity contribution in [2.75, 3.05) is 18.5 Å². The highest BCUT2D eigenvalue weighted by Gasteiger charge is 2.12. The third-order valence-electron chi connectivity index (χ3n) is 3.47. The van der Waals surface area contributed by atoms with Crippen molar-refractivity contribution in [1.29, 1.82) is 0 Å². The van der Waals surface area contributed by atoms with E-state index in [9.17, 15) is 14.0 Å². The molecule has 0 radical (unpaired) electrons. The maximum atomic E-state index is 12.9. The number of rotatable bonds is 9.